The SMILES string of the molecule is CCC(O)CO.Fc1c[c-]c(-c2ccccn2)c(F)c1.Fc1ccc(-c2ccccn2)c(F)c1.[Ir]. The van der Waals surface area contributed by atoms with Crippen molar-refractivity contribution in [3.05, 3.63) is 108 Å². The number of halogens is 4. The van der Waals surface area contributed by atoms with Crippen LogP contribution in [0.2, 0.25) is 0 Å². The van der Waals surface area contributed by atoms with Crippen molar-refractivity contribution in [1.82, 2.24) is 9.97 Å². The van der Waals surface area contributed by atoms with Crippen LogP contribution in [0, 0.1) is 29.3 Å². The third-order valence-electron chi connectivity index (χ3n) is 4.33. The topological polar surface area (TPSA) is 66.2 Å². The van der Waals surface area contributed by atoms with Crippen molar-refractivity contribution in [1.29, 1.82) is 0 Å². The van der Waals surface area contributed by atoms with E-state index in [9.17, 15) is 17.6 Å². The average molecular weight is 664 g/mol. The average Bonchev–Trinajstić information content (AvgIpc) is 2.85. The first-order valence-electron chi connectivity index (χ1n) is 10.3. The number of nitrogens with zero attached hydrogens (tertiary/aromatic N) is 2. The van der Waals surface area contributed by atoms with E-state index in [0.29, 0.717) is 23.4 Å². The van der Waals surface area contributed by atoms with Crippen LogP contribution in [0.4, 0.5) is 17.6 Å². The van der Waals surface area contributed by atoms with Gasteiger partial charge in [0, 0.05) is 55.8 Å². The van der Waals surface area contributed by atoms with Gasteiger partial charge in [0.05, 0.1) is 18.4 Å². The number of hydrogen-bond acceptors (Lipinski definition) is 4. The quantitative estimate of drug-likeness (QED) is 0.221. The predicted octanol–water partition coefficient (Wildman–Crippen LogP) is 5.60. The first-order chi connectivity index (χ1) is 16.3. The summed E-state index contributed by atoms with van der Waals surface area (Å²) in [5.41, 5.74) is 1.45. The molecular formula is C26H23F4IrN2O2-. The Morgan fingerprint density at radius 2 is 1.43 bits per heavy atom. The Labute approximate surface area is 214 Å². The summed E-state index contributed by atoms with van der Waals surface area (Å²) in [6.07, 6.45) is 3.24. The number of aliphatic hydroxyl groups excluding tert-OH is 2. The van der Waals surface area contributed by atoms with Crippen LogP contribution >= 0.6 is 0 Å². The van der Waals surface area contributed by atoms with Crippen LogP contribution < -0.4 is 0 Å². The smallest absolute Gasteiger partial charge is 0.135 e. The van der Waals surface area contributed by atoms with Gasteiger partial charge in [-0.25, -0.2) is 8.78 Å². The van der Waals surface area contributed by atoms with Gasteiger partial charge in [-0.15, -0.1) is 12.1 Å². The fourth-order valence-corrected chi connectivity index (χ4v) is 2.50. The first-order valence-corrected chi connectivity index (χ1v) is 10.3. The van der Waals surface area contributed by atoms with E-state index in [1.807, 2.05) is 6.92 Å². The summed E-state index contributed by atoms with van der Waals surface area (Å²) in [5, 5.41) is 16.5. The largest absolute Gasteiger partial charge is 0.394 e. The van der Waals surface area contributed by atoms with Gasteiger partial charge < -0.3 is 15.2 Å². The molecule has 2 aromatic carbocycles. The summed E-state index contributed by atoms with van der Waals surface area (Å²) in [4.78, 5) is 7.92. The van der Waals surface area contributed by atoms with Gasteiger partial charge in [-0.3, -0.25) is 13.8 Å². The van der Waals surface area contributed by atoms with Gasteiger partial charge in [0.25, 0.3) is 0 Å². The van der Waals surface area contributed by atoms with E-state index in [1.165, 1.54) is 12.1 Å². The molecule has 0 spiro atoms. The minimum Gasteiger partial charge on any atom is -0.394 e. The molecule has 187 valence electrons. The Morgan fingerprint density at radius 1 is 0.829 bits per heavy atom. The van der Waals surface area contributed by atoms with Gasteiger partial charge in [-0.05, 0) is 42.4 Å². The van der Waals surface area contributed by atoms with Crippen molar-refractivity contribution >= 4 is 0 Å². The van der Waals surface area contributed by atoms with Crippen molar-refractivity contribution < 1.29 is 47.9 Å². The van der Waals surface area contributed by atoms with Gasteiger partial charge in [-0.1, -0.05) is 36.8 Å². The second kappa shape index (κ2) is 15.8. The molecule has 0 fully saturated rings. The number of hydrogen-bond donors (Lipinski definition) is 2. The molecule has 0 saturated carbocycles. The van der Waals surface area contributed by atoms with Crippen molar-refractivity contribution in [3.63, 3.8) is 0 Å². The molecule has 1 unspecified atom stereocenters. The fraction of sp³-hybridized carbons (Fsp3) is 0.154. The van der Waals surface area contributed by atoms with E-state index in [2.05, 4.69) is 16.0 Å². The standard InChI is InChI=1S/C11H7F2N.C11H6F2N.C4H10O2.Ir/c2*12-8-4-5-9(10(13)7-8)11-3-1-2-6-14-11;1-2-4(6)3-5;/h1-7H;1-4,6-7H;4-6H,2-3H2,1H3;/q;-1;;. The molecule has 0 bridgehead atoms. The normalized spacial score (nSPS) is 10.6. The van der Waals surface area contributed by atoms with Gasteiger partial charge in [-0.2, -0.15) is 0 Å². The second-order valence-electron chi connectivity index (χ2n) is 6.84. The van der Waals surface area contributed by atoms with Crippen molar-refractivity contribution in [2.45, 2.75) is 19.4 Å². The molecule has 4 aromatic rings. The zero-order valence-corrected chi connectivity index (χ0v) is 21.0. The van der Waals surface area contributed by atoms with Crippen LogP contribution in [-0.4, -0.2) is 32.9 Å². The third-order valence-corrected chi connectivity index (χ3v) is 4.33. The summed E-state index contributed by atoms with van der Waals surface area (Å²) >= 11 is 0. The molecule has 0 amide bonds. The summed E-state index contributed by atoms with van der Waals surface area (Å²) < 4.78 is 51.7. The second-order valence-corrected chi connectivity index (χ2v) is 6.84. The molecule has 0 aliphatic rings. The molecule has 2 aromatic heterocycles. The summed E-state index contributed by atoms with van der Waals surface area (Å²) in [6, 6.07) is 18.1. The van der Waals surface area contributed by atoms with E-state index in [4.69, 9.17) is 10.2 Å². The predicted molar refractivity (Wildman–Crippen MR) is 121 cm³/mol. The molecule has 0 aliphatic carbocycles. The molecule has 2 N–H and O–H groups in total. The van der Waals surface area contributed by atoms with Gasteiger partial charge in [0.2, 0.25) is 0 Å². The van der Waals surface area contributed by atoms with Crippen LogP contribution in [0.1, 0.15) is 13.3 Å². The van der Waals surface area contributed by atoms with E-state index < -0.39 is 29.4 Å². The molecule has 4 nitrogen and oxygen atoms in total. The van der Waals surface area contributed by atoms with E-state index >= 15 is 0 Å². The van der Waals surface area contributed by atoms with Gasteiger partial charge in [0.15, 0.2) is 0 Å². The van der Waals surface area contributed by atoms with Crippen LogP contribution in [0.5, 0.6) is 0 Å². The molecule has 0 aliphatic heterocycles. The molecular weight excluding hydrogens is 641 g/mol. The zero-order chi connectivity index (χ0) is 24.9. The number of aliphatic hydroxyl groups is 2. The Kier molecular flexibility index (Phi) is 13.6. The molecule has 0 saturated heterocycles. The number of rotatable bonds is 4. The number of aromatic nitrogens is 2. The van der Waals surface area contributed by atoms with Crippen molar-refractivity contribution in [2.24, 2.45) is 0 Å². The van der Waals surface area contributed by atoms with Crippen LogP contribution in [0.15, 0.2) is 79.1 Å². The van der Waals surface area contributed by atoms with E-state index in [1.54, 1.807) is 48.8 Å². The van der Waals surface area contributed by atoms with Crippen LogP contribution in [-0.2, 0) is 20.1 Å². The third kappa shape index (κ3) is 10.0. The van der Waals surface area contributed by atoms with Crippen LogP contribution in [0.25, 0.3) is 22.5 Å². The molecule has 1 radical (unpaired) electrons. The van der Waals surface area contributed by atoms with Crippen molar-refractivity contribution in [2.75, 3.05) is 6.61 Å². The summed E-state index contributed by atoms with van der Waals surface area (Å²) in [6.45, 7) is 1.71. The Morgan fingerprint density at radius 3 is 1.89 bits per heavy atom. The van der Waals surface area contributed by atoms with Gasteiger partial charge >= 0.3 is 0 Å². The Balaban J connectivity index is 0.000000280. The molecule has 2 heterocycles. The Hall–Kier alpha value is -2.97. The molecule has 4 rings (SSSR count). The first kappa shape index (κ1) is 30.1. The maximum Gasteiger partial charge on any atom is 0.135 e. The molecule has 9 heteroatoms. The summed E-state index contributed by atoms with van der Waals surface area (Å²) in [7, 11) is 0. The zero-order valence-electron chi connectivity index (χ0n) is 18.6. The molecule has 1 atom stereocenters. The number of benzene rings is 2. The monoisotopic (exact) mass is 664 g/mol. The minimum absolute atomic E-state index is 0. The van der Waals surface area contributed by atoms with Crippen molar-refractivity contribution in [3.8, 4) is 22.5 Å². The van der Waals surface area contributed by atoms with E-state index in [-0.39, 0.29) is 32.3 Å². The minimum atomic E-state index is -0.649. The molecule has 35 heavy (non-hydrogen) atoms. The van der Waals surface area contributed by atoms with Crippen LogP contribution in [0.3, 0.4) is 0 Å². The summed E-state index contributed by atoms with van der Waals surface area (Å²) in [5.74, 6) is -2.46. The number of pyridine rings is 2. The maximum atomic E-state index is 13.3. The van der Waals surface area contributed by atoms with E-state index in [0.717, 1.165) is 18.2 Å². The fourth-order valence-electron chi connectivity index (χ4n) is 2.50. The van der Waals surface area contributed by atoms with Gasteiger partial charge in [0.1, 0.15) is 11.6 Å². The Bertz CT molecular complexity index is 1060. The maximum absolute atomic E-state index is 13.3.